The number of halogens is 3. The number of rotatable bonds is 7. The molecule has 0 radical (unpaired) electrons. The minimum absolute atomic E-state index is 0.0674. The van der Waals surface area contributed by atoms with E-state index in [1.165, 1.54) is 43.2 Å². The van der Waals surface area contributed by atoms with Gasteiger partial charge in [-0.2, -0.15) is 18.3 Å². The number of aromatic nitrogens is 4. The van der Waals surface area contributed by atoms with Gasteiger partial charge in [0, 0.05) is 6.20 Å². The smallest absolute Gasteiger partial charge is 0.416 e. The predicted octanol–water partition coefficient (Wildman–Crippen LogP) is 3.26. The molecule has 0 aliphatic heterocycles. The molecular formula is C18H17F3N6O4. The van der Waals surface area contributed by atoms with Gasteiger partial charge in [0.15, 0.2) is 0 Å². The van der Waals surface area contributed by atoms with Crippen molar-refractivity contribution >= 4 is 17.3 Å². The first-order valence-corrected chi connectivity index (χ1v) is 8.85. The van der Waals surface area contributed by atoms with Crippen molar-refractivity contribution in [2.45, 2.75) is 25.7 Å². The number of carbonyl (C=O) groups excluding carboxylic acids is 1. The summed E-state index contributed by atoms with van der Waals surface area (Å²) in [6.07, 6.45) is -0.568. The van der Waals surface area contributed by atoms with Crippen LogP contribution in [-0.2, 0) is 17.5 Å². The first-order valence-electron chi connectivity index (χ1n) is 8.85. The quantitative estimate of drug-likeness (QED) is 0.447. The maximum Gasteiger partial charge on any atom is 0.416 e. The van der Waals surface area contributed by atoms with Crippen LogP contribution in [0.3, 0.4) is 0 Å². The lowest BCUT2D eigenvalue weighted by atomic mass is 10.1. The van der Waals surface area contributed by atoms with Crippen molar-refractivity contribution in [3.63, 3.8) is 0 Å². The Morgan fingerprint density at radius 2 is 2.10 bits per heavy atom. The van der Waals surface area contributed by atoms with E-state index < -0.39 is 28.6 Å². The molecule has 0 fully saturated rings. The van der Waals surface area contributed by atoms with E-state index in [9.17, 15) is 28.1 Å². The van der Waals surface area contributed by atoms with Gasteiger partial charge in [0.1, 0.15) is 12.2 Å². The number of alkyl halides is 3. The number of benzene rings is 1. The zero-order valence-electron chi connectivity index (χ0n) is 16.3. The van der Waals surface area contributed by atoms with Gasteiger partial charge in [-0.25, -0.2) is 4.68 Å². The number of methoxy groups -OCH3 is 1. The fraction of sp³-hybridized carbons (Fsp3) is 0.278. The molecule has 3 aromatic rings. The summed E-state index contributed by atoms with van der Waals surface area (Å²) in [4.78, 5) is 22.8. The second-order valence-electron chi connectivity index (χ2n) is 6.55. The van der Waals surface area contributed by atoms with Crippen LogP contribution >= 0.6 is 0 Å². The molecule has 2 aromatic heterocycles. The summed E-state index contributed by atoms with van der Waals surface area (Å²) < 4.78 is 45.8. The summed E-state index contributed by atoms with van der Waals surface area (Å²) in [5, 5.41) is 21.5. The van der Waals surface area contributed by atoms with Crippen LogP contribution in [0.25, 0.3) is 0 Å². The molecule has 0 spiro atoms. The maximum absolute atomic E-state index is 12.8. The number of anilines is 1. The van der Waals surface area contributed by atoms with Crippen molar-refractivity contribution in [1.82, 2.24) is 19.6 Å². The molecule has 31 heavy (non-hydrogen) atoms. The molecule has 3 rings (SSSR count). The summed E-state index contributed by atoms with van der Waals surface area (Å²) in [6.45, 7) is 1.55. The van der Waals surface area contributed by atoms with Crippen molar-refractivity contribution in [2.24, 2.45) is 0 Å². The topological polar surface area (TPSA) is 117 Å². The molecule has 0 saturated heterocycles. The van der Waals surface area contributed by atoms with E-state index in [1.54, 1.807) is 0 Å². The molecular weight excluding hydrogens is 421 g/mol. The highest BCUT2D eigenvalue weighted by Crippen LogP contribution is 2.30. The Labute approximate surface area is 173 Å². The fourth-order valence-corrected chi connectivity index (χ4v) is 2.75. The average molecular weight is 438 g/mol. The lowest BCUT2D eigenvalue weighted by Gasteiger charge is -2.11. The van der Waals surface area contributed by atoms with Gasteiger partial charge >= 0.3 is 17.7 Å². The normalized spacial score (nSPS) is 12.4. The Balaban J connectivity index is 1.68. The average Bonchev–Trinajstić information content (AvgIpc) is 3.33. The third-order valence-corrected chi connectivity index (χ3v) is 4.35. The van der Waals surface area contributed by atoms with Crippen molar-refractivity contribution in [3.05, 3.63) is 64.1 Å². The molecule has 1 atom stereocenters. The van der Waals surface area contributed by atoms with Gasteiger partial charge in [-0.15, -0.1) is 5.10 Å². The number of nitro groups is 1. The summed E-state index contributed by atoms with van der Waals surface area (Å²) >= 11 is 0. The number of hydrogen-bond donors (Lipinski definition) is 1. The highest BCUT2D eigenvalue weighted by atomic mass is 19.4. The number of nitrogens with zero attached hydrogens (tertiary/aromatic N) is 5. The molecule has 1 unspecified atom stereocenters. The molecule has 1 amide bonds. The predicted molar refractivity (Wildman–Crippen MR) is 102 cm³/mol. The van der Waals surface area contributed by atoms with Gasteiger partial charge in [-0.3, -0.25) is 19.6 Å². The first-order chi connectivity index (χ1) is 14.6. The Morgan fingerprint density at radius 3 is 2.71 bits per heavy atom. The van der Waals surface area contributed by atoms with Crippen molar-refractivity contribution in [1.29, 1.82) is 0 Å². The van der Waals surface area contributed by atoms with Crippen LogP contribution in [0.15, 0.2) is 42.9 Å². The van der Waals surface area contributed by atoms with Crippen LogP contribution in [0.5, 0.6) is 5.88 Å². The zero-order valence-corrected chi connectivity index (χ0v) is 16.3. The number of carbonyl (C=O) groups is 1. The van der Waals surface area contributed by atoms with Crippen LogP contribution in [0.2, 0.25) is 0 Å². The number of ether oxygens (including phenoxy) is 1. The minimum atomic E-state index is -4.44. The van der Waals surface area contributed by atoms with Crippen LogP contribution in [-0.4, -0.2) is 37.5 Å². The summed E-state index contributed by atoms with van der Waals surface area (Å²) in [7, 11) is 1.23. The van der Waals surface area contributed by atoms with Gasteiger partial charge < -0.3 is 10.1 Å². The Kier molecular flexibility index (Phi) is 5.95. The van der Waals surface area contributed by atoms with Crippen LogP contribution in [0, 0.1) is 10.1 Å². The van der Waals surface area contributed by atoms with Gasteiger partial charge in [-0.1, -0.05) is 12.1 Å². The number of hydrogen-bond acceptors (Lipinski definition) is 6. The summed E-state index contributed by atoms with van der Waals surface area (Å²) in [5.41, 5.74) is -0.447. The number of nitrogens with one attached hydrogen (secondary N) is 1. The fourth-order valence-electron chi connectivity index (χ4n) is 2.75. The standard InChI is InChI=1S/C18H17F3N6O4/c1-11(26-10-15(27(29)30)17(24-26)31-2)16(28)23-14-7-22-25(9-14)8-12-4-3-5-13(6-12)18(19,20)21/h3-7,9-11H,8H2,1-2H3,(H,23,28). The lowest BCUT2D eigenvalue weighted by molar-refractivity contribution is -0.385. The molecule has 0 aliphatic rings. The minimum Gasteiger partial charge on any atom is -0.475 e. The third kappa shape index (κ3) is 4.99. The number of amides is 1. The van der Waals surface area contributed by atoms with E-state index in [0.717, 1.165) is 23.0 Å². The van der Waals surface area contributed by atoms with E-state index in [2.05, 4.69) is 15.5 Å². The molecule has 10 nitrogen and oxygen atoms in total. The third-order valence-electron chi connectivity index (χ3n) is 4.35. The van der Waals surface area contributed by atoms with Crippen LogP contribution < -0.4 is 10.1 Å². The summed E-state index contributed by atoms with van der Waals surface area (Å²) in [5.74, 6) is -0.753. The SMILES string of the molecule is COc1nn(C(C)C(=O)Nc2cnn(Cc3cccc(C(F)(F)F)c3)c2)cc1[N+](=O)[O-]. The van der Waals surface area contributed by atoms with E-state index in [-0.39, 0.29) is 18.1 Å². The first kappa shape index (κ1) is 21.8. The molecule has 1 aromatic carbocycles. The van der Waals surface area contributed by atoms with Crippen LogP contribution in [0.4, 0.5) is 24.5 Å². The van der Waals surface area contributed by atoms with Crippen molar-refractivity contribution in [2.75, 3.05) is 12.4 Å². The molecule has 0 saturated carbocycles. The van der Waals surface area contributed by atoms with E-state index in [0.29, 0.717) is 11.3 Å². The molecule has 13 heteroatoms. The second-order valence-corrected chi connectivity index (χ2v) is 6.55. The largest absolute Gasteiger partial charge is 0.475 e. The lowest BCUT2D eigenvalue weighted by Crippen LogP contribution is -2.23. The Bertz CT molecular complexity index is 1110. The van der Waals surface area contributed by atoms with Gasteiger partial charge in [0.2, 0.25) is 5.91 Å². The Morgan fingerprint density at radius 1 is 1.35 bits per heavy atom. The van der Waals surface area contributed by atoms with Gasteiger partial charge in [0.05, 0.1) is 36.0 Å². The Hall–Kier alpha value is -3.90. The molecule has 0 bridgehead atoms. The van der Waals surface area contributed by atoms with Crippen LogP contribution in [0.1, 0.15) is 24.1 Å². The second kappa shape index (κ2) is 8.45. The van der Waals surface area contributed by atoms with Gasteiger partial charge in [-0.05, 0) is 24.6 Å². The van der Waals surface area contributed by atoms with E-state index >= 15 is 0 Å². The monoisotopic (exact) mass is 438 g/mol. The van der Waals surface area contributed by atoms with Crippen molar-refractivity contribution < 1.29 is 27.6 Å². The van der Waals surface area contributed by atoms with E-state index in [4.69, 9.17) is 4.74 Å². The highest BCUT2D eigenvalue weighted by Gasteiger charge is 2.30. The van der Waals surface area contributed by atoms with Gasteiger partial charge in [0.25, 0.3) is 0 Å². The molecule has 2 heterocycles. The van der Waals surface area contributed by atoms with Crippen molar-refractivity contribution in [3.8, 4) is 5.88 Å². The molecule has 164 valence electrons. The maximum atomic E-state index is 12.8. The summed E-state index contributed by atoms with van der Waals surface area (Å²) in [6, 6.07) is 3.95. The van der Waals surface area contributed by atoms with E-state index in [1.807, 2.05) is 0 Å². The highest BCUT2D eigenvalue weighted by molar-refractivity contribution is 5.93. The zero-order chi connectivity index (χ0) is 22.8. The molecule has 0 aliphatic carbocycles. The molecule has 1 N–H and O–H groups in total.